The molecule has 2 heterocycles. The SMILES string of the molecule is C=S1CCN(c2ccc(CC3=CNC(C)S3)cc2)CC1.CCCc1ccc(NC(N)=O)cc1CC. The lowest BCUT2D eigenvalue weighted by Crippen LogP contribution is -2.33. The highest BCUT2D eigenvalue weighted by Gasteiger charge is 2.14. The third kappa shape index (κ3) is 8.65. The largest absolute Gasteiger partial charge is 0.378 e. The number of hydrogen-bond donors (Lipinski definition) is 3. The number of allylic oxidation sites excluding steroid dienone is 1. The third-order valence-electron chi connectivity index (χ3n) is 6.16. The minimum Gasteiger partial charge on any atom is -0.378 e. The van der Waals surface area contributed by atoms with Crippen LogP contribution < -0.4 is 21.3 Å². The van der Waals surface area contributed by atoms with Crippen LogP contribution in [0.2, 0.25) is 0 Å². The summed E-state index contributed by atoms with van der Waals surface area (Å²) in [5.41, 5.74) is 11.2. The molecule has 5 nitrogen and oxygen atoms in total. The first kappa shape index (κ1) is 27.2. The molecule has 1 atom stereocenters. The minimum absolute atomic E-state index is 0.395. The van der Waals surface area contributed by atoms with Gasteiger partial charge in [0, 0.05) is 53.5 Å². The number of amides is 2. The van der Waals surface area contributed by atoms with E-state index >= 15 is 0 Å². The molecule has 0 aliphatic carbocycles. The Kier molecular flexibility index (Phi) is 10.6. The highest BCUT2D eigenvalue weighted by Crippen LogP contribution is 2.29. The number of anilines is 2. The number of thioether (sulfide) groups is 1. The lowest BCUT2D eigenvalue weighted by atomic mass is 10.0. The second-order valence-corrected chi connectivity index (χ2v) is 12.5. The number of urea groups is 1. The lowest BCUT2D eigenvalue weighted by molar-refractivity contribution is 0.259. The summed E-state index contributed by atoms with van der Waals surface area (Å²) in [4.78, 5) is 14.6. The zero-order valence-electron chi connectivity index (χ0n) is 21.3. The van der Waals surface area contributed by atoms with E-state index < -0.39 is 6.03 Å². The van der Waals surface area contributed by atoms with Crippen molar-refractivity contribution in [2.75, 3.05) is 34.8 Å². The Morgan fingerprint density at radius 1 is 1.17 bits per heavy atom. The van der Waals surface area contributed by atoms with Gasteiger partial charge < -0.3 is 21.3 Å². The van der Waals surface area contributed by atoms with Crippen LogP contribution >= 0.6 is 22.2 Å². The van der Waals surface area contributed by atoms with Crippen LogP contribution in [0, 0.1) is 0 Å². The highest BCUT2D eigenvalue weighted by atomic mass is 32.2. The molecule has 0 radical (unpaired) electrons. The fourth-order valence-corrected chi connectivity index (χ4v) is 6.40. The number of primary amides is 1. The normalized spacial score (nSPS) is 17.7. The Balaban J connectivity index is 0.000000205. The molecule has 190 valence electrons. The molecule has 2 aliphatic heterocycles. The average Bonchev–Trinajstić information content (AvgIpc) is 3.25. The molecule has 7 heteroatoms. The summed E-state index contributed by atoms with van der Waals surface area (Å²) in [7, 11) is 0.395. The summed E-state index contributed by atoms with van der Waals surface area (Å²) in [5.74, 6) is 6.68. The zero-order chi connectivity index (χ0) is 25.2. The zero-order valence-corrected chi connectivity index (χ0v) is 22.9. The molecular weight excluding hydrogens is 472 g/mol. The van der Waals surface area contributed by atoms with E-state index in [2.05, 4.69) is 78.7 Å². The van der Waals surface area contributed by atoms with Gasteiger partial charge in [0.05, 0.1) is 5.37 Å². The van der Waals surface area contributed by atoms with Crippen LogP contribution in [0.1, 0.15) is 43.9 Å². The Labute approximate surface area is 217 Å². The molecule has 1 unspecified atom stereocenters. The molecule has 1 saturated heterocycles. The molecule has 2 aliphatic rings. The van der Waals surface area contributed by atoms with E-state index in [1.807, 2.05) is 23.9 Å². The first-order chi connectivity index (χ1) is 16.9. The third-order valence-corrected chi connectivity index (χ3v) is 8.74. The van der Waals surface area contributed by atoms with Crippen LogP contribution in [0.3, 0.4) is 0 Å². The van der Waals surface area contributed by atoms with E-state index in [4.69, 9.17) is 5.73 Å². The van der Waals surface area contributed by atoms with E-state index in [0.717, 1.165) is 44.5 Å². The number of nitrogens with zero attached hydrogens (tertiary/aromatic N) is 1. The van der Waals surface area contributed by atoms with E-state index in [1.165, 1.54) is 38.8 Å². The van der Waals surface area contributed by atoms with E-state index in [0.29, 0.717) is 15.9 Å². The van der Waals surface area contributed by atoms with Crippen LogP contribution in [0.4, 0.5) is 16.2 Å². The number of nitrogens with one attached hydrogen (secondary N) is 2. The van der Waals surface area contributed by atoms with Crippen molar-refractivity contribution < 1.29 is 4.79 Å². The van der Waals surface area contributed by atoms with Gasteiger partial charge in [-0.1, -0.05) is 44.3 Å². The summed E-state index contributed by atoms with van der Waals surface area (Å²) in [6.07, 6.45) is 6.40. The van der Waals surface area contributed by atoms with Gasteiger partial charge in [-0.2, -0.15) is 10.5 Å². The summed E-state index contributed by atoms with van der Waals surface area (Å²) in [5, 5.41) is 6.45. The van der Waals surface area contributed by atoms with Gasteiger partial charge >= 0.3 is 6.03 Å². The Morgan fingerprint density at radius 2 is 1.89 bits per heavy atom. The van der Waals surface area contributed by atoms with Crippen LogP contribution in [-0.4, -0.2) is 41.9 Å². The fourth-order valence-electron chi connectivity index (χ4n) is 4.26. The van der Waals surface area contributed by atoms with Crippen molar-refractivity contribution in [1.29, 1.82) is 0 Å². The average molecular weight is 513 g/mol. The number of nitrogens with two attached hydrogens (primary N) is 1. The van der Waals surface area contributed by atoms with Crippen LogP contribution in [-0.2, 0) is 19.3 Å². The maximum absolute atomic E-state index is 10.7. The van der Waals surface area contributed by atoms with Crippen LogP contribution in [0.5, 0.6) is 0 Å². The van der Waals surface area contributed by atoms with E-state index in [1.54, 1.807) is 0 Å². The van der Waals surface area contributed by atoms with Crippen LogP contribution in [0.15, 0.2) is 53.6 Å². The van der Waals surface area contributed by atoms with Gasteiger partial charge in [-0.25, -0.2) is 4.79 Å². The van der Waals surface area contributed by atoms with Gasteiger partial charge in [0.1, 0.15) is 0 Å². The number of carbonyl (C=O) groups excluding carboxylic acids is 1. The van der Waals surface area contributed by atoms with Crippen molar-refractivity contribution in [1.82, 2.24) is 5.32 Å². The van der Waals surface area contributed by atoms with Gasteiger partial charge in [0.15, 0.2) is 0 Å². The van der Waals surface area contributed by atoms with Gasteiger partial charge in [-0.05, 0) is 60.7 Å². The number of hydrogen-bond acceptors (Lipinski definition) is 4. The highest BCUT2D eigenvalue weighted by molar-refractivity contribution is 8.14. The summed E-state index contributed by atoms with van der Waals surface area (Å²) >= 11 is 1.93. The van der Waals surface area contributed by atoms with Gasteiger partial charge in [0.25, 0.3) is 0 Å². The summed E-state index contributed by atoms with van der Waals surface area (Å²) in [6, 6.07) is 14.5. The van der Waals surface area contributed by atoms with Crippen molar-refractivity contribution in [3.8, 4) is 0 Å². The molecule has 35 heavy (non-hydrogen) atoms. The van der Waals surface area contributed by atoms with Crippen molar-refractivity contribution in [3.05, 3.63) is 70.3 Å². The van der Waals surface area contributed by atoms with Crippen molar-refractivity contribution in [3.63, 3.8) is 0 Å². The standard InChI is InChI=1S/C16H22N2S2.C12H18N2O/c1-13-17-12-16(19-13)11-14-3-5-15(6-4-14)18-7-9-20(2)10-8-18;1-3-5-10-6-7-11(14-12(13)15)8-9(10)4-2/h3-6,12-13,17H,2,7-11H2,1H3;6-8H,3-5H2,1-2H3,(H3,13,14,15). The van der Waals surface area contributed by atoms with Crippen molar-refractivity contribution in [2.45, 2.75) is 51.8 Å². The molecular formula is C28H40N4OS2. The minimum atomic E-state index is -0.514. The molecule has 2 aromatic carbocycles. The smallest absolute Gasteiger partial charge is 0.316 e. The van der Waals surface area contributed by atoms with E-state index in [-0.39, 0.29) is 0 Å². The molecule has 0 bridgehead atoms. The number of rotatable bonds is 7. The first-order valence-corrected chi connectivity index (χ1v) is 15.1. The van der Waals surface area contributed by atoms with Crippen molar-refractivity contribution in [2.24, 2.45) is 5.73 Å². The molecule has 0 saturated carbocycles. The van der Waals surface area contributed by atoms with Gasteiger partial charge in [0.2, 0.25) is 0 Å². The maximum atomic E-state index is 10.7. The molecule has 0 aromatic heterocycles. The predicted octanol–water partition coefficient (Wildman–Crippen LogP) is 5.97. The number of aryl methyl sites for hydroxylation is 2. The van der Waals surface area contributed by atoms with E-state index in [9.17, 15) is 4.79 Å². The Bertz CT molecular complexity index is 1030. The molecule has 4 N–H and O–H groups in total. The first-order valence-electron chi connectivity index (χ1n) is 12.5. The second-order valence-electron chi connectivity index (χ2n) is 8.96. The number of benzene rings is 2. The van der Waals surface area contributed by atoms with Crippen LogP contribution in [0.25, 0.3) is 0 Å². The summed E-state index contributed by atoms with van der Waals surface area (Å²) in [6.45, 7) is 8.80. The molecule has 2 amide bonds. The van der Waals surface area contributed by atoms with Crippen molar-refractivity contribution >= 4 is 45.5 Å². The monoisotopic (exact) mass is 512 g/mol. The topological polar surface area (TPSA) is 70.4 Å². The molecule has 2 aromatic rings. The Hall–Kier alpha value is -2.38. The molecule has 0 spiro atoms. The molecule has 4 rings (SSSR count). The quantitative estimate of drug-likeness (QED) is 0.400. The molecule has 1 fully saturated rings. The van der Waals surface area contributed by atoms with Gasteiger partial charge in [-0.3, -0.25) is 0 Å². The fraction of sp³-hybridized carbons (Fsp3) is 0.429. The van der Waals surface area contributed by atoms with Gasteiger partial charge in [-0.15, -0.1) is 11.8 Å². The maximum Gasteiger partial charge on any atom is 0.316 e. The second kappa shape index (κ2) is 13.6. The predicted molar refractivity (Wildman–Crippen MR) is 158 cm³/mol. The number of carbonyl (C=O) groups is 1. The lowest BCUT2D eigenvalue weighted by Gasteiger charge is -2.30. The summed E-state index contributed by atoms with van der Waals surface area (Å²) < 4.78 is 0. The Morgan fingerprint density at radius 3 is 2.46 bits per heavy atom.